The van der Waals surface area contributed by atoms with Crippen molar-refractivity contribution in [3.05, 3.63) is 18.0 Å². The van der Waals surface area contributed by atoms with Gasteiger partial charge in [-0.05, 0) is 19.4 Å². The third-order valence-electron chi connectivity index (χ3n) is 2.24. The van der Waals surface area contributed by atoms with Gasteiger partial charge in [0.05, 0.1) is 6.61 Å². The molecule has 1 aromatic rings. The zero-order chi connectivity index (χ0) is 14.3. The summed E-state index contributed by atoms with van der Waals surface area (Å²) in [6.45, 7) is 8.14. The molecule has 0 amide bonds. The van der Waals surface area contributed by atoms with Crippen LogP contribution in [0.5, 0.6) is 0 Å². The number of aromatic nitrogens is 2. The van der Waals surface area contributed by atoms with Gasteiger partial charge in [0.1, 0.15) is 6.04 Å². The lowest BCUT2D eigenvalue weighted by atomic mass is 10.3. The minimum atomic E-state index is -0.338. The van der Waals surface area contributed by atoms with E-state index in [9.17, 15) is 4.79 Å². The van der Waals surface area contributed by atoms with Crippen LogP contribution in [0.15, 0.2) is 17.6 Å². The zero-order valence-corrected chi connectivity index (χ0v) is 12.7. The molecule has 1 heterocycles. The average Bonchev–Trinajstić information content (AvgIpc) is 2.36. The molecule has 0 saturated carbocycles. The number of aryl methyl sites for hydroxylation is 1. The van der Waals surface area contributed by atoms with Crippen LogP contribution in [-0.2, 0) is 9.53 Å². The summed E-state index contributed by atoms with van der Waals surface area (Å²) in [7, 11) is 0. The Hall–Kier alpha value is -1.14. The first-order valence-electron chi connectivity index (χ1n) is 6.37. The van der Waals surface area contributed by atoms with E-state index < -0.39 is 0 Å². The van der Waals surface area contributed by atoms with E-state index >= 15 is 0 Å². The van der Waals surface area contributed by atoms with Gasteiger partial charge in [-0.2, -0.15) is 0 Å². The Balaban J connectivity index is 2.56. The van der Waals surface area contributed by atoms with Crippen LogP contribution in [0.2, 0.25) is 0 Å². The molecule has 0 saturated heterocycles. The molecule has 6 heteroatoms. The fourth-order valence-electron chi connectivity index (χ4n) is 1.44. The van der Waals surface area contributed by atoms with Crippen molar-refractivity contribution in [2.45, 2.75) is 44.9 Å². The van der Waals surface area contributed by atoms with Crippen LogP contribution >= 0.6 is 11.8 Å². The van der Waals surface area contributed by atoms with Crippen LogP contribution in [0.4, 0.5) is 0 Å². The number of thioether (sulfide) groups is 1. The minimum absolute atomic E-state index is 0.217. The third-order valence-corrected chi connectivity index (χ3v) is 3.21. The molecule has 1 unspecified atom stereocenters. The highest BCUT2D eigenvalue weighted by atomic mass is 32.2. The van der Waals surface area contributed by atoms with Crippen LogP contribution < -0.4 is 5.32 Å². The van der Waals surface area contributed by atoms with E-state index in [1.54, 1.807) is 19.3 Å². The molecule has 0 fully saturated rings. The first-order valence-corrected chi connectivity index (χ1v) is 7.35. The molecule has 5 nitrogen and oxygen atoms in total. The number of nitrogens with one attached hydrogen (secondary N) is 1. The van der Waals surface area contributed by atoms with Crippen LogP contribution in [0, 0.1) is 6.92 Å². The van der Waals surface area contributed by atoms with Crippen LogP contribution in [-0.4, -0.2) is 40.4 Å². The number of hydrogen-bond donors (Lipinski definition) is 1. The summed E-state index contributed by atoms with van der Waals surface area (Å²) in [6, 6.07) is -0.121. The van der Waals surface area contributed by atoms with Gasteiger partial charge >= 0.3 is 5.97 Å². The van der Waals surface area contributed by atoms with E-state index in [0.29, 0.717) is 17.5 Å². The van der Waals surface area contributed by atoms with Gasteiger partial charge in [0.2, 0.25) is 0 Å². The molecular weight excluding hydrogens is 262 g/mol. The Kier molecular flexibility index (Phi) is 6.80. The van der Waals surface area contributed by atoms with Gasteiger partial charge in [0, 0.05) is 24.2 Å². The predicted molar refractivity (Wildman–Crippen MR) is 76.2 cm³/mol. The Morgan fingerprint density at radius 2 is 2.05 bits per heavy atom. The summed E-state index contributed by atoms with van der Waals surface area (Å²) in [4.78, 5) is 20.2. The van der Waals surface area contributed by atoms with E-state index in [4.69, 9.17) is 4.74 Å². The molecule has 106 valence electrons. The van der Waals surface area contributed by atoms with Crippen LogP contribution in [0.25, 0.3) is 0 Å². The molecule has 19 heavy (non-hydrogen) atoms. The van der Waals surface area contributed by atoms with Crippen LogP contribution in [0.3, 0.4) is 0 Å². The van der Waals surface area contributed by atoms with E-state index in [-0.39, 0.29) is 18.1 Å². The zero-order valence-electron chi connectivity index (χ0n) is 11.8. The predicted octanol–water partition coefficient (Wildman–Crippen LogP) is 1.81. The minimum Gasteiger partial charge on any atom is -0.465 e. The van der Waals surface area contributed by atoms with Gasteiger partial charge in [-0.15, -0.1) is 0 Å². The Morgan fingerprint density at radius 1 is 1.42 bits per heavy atom. The van der Waals surface area contributed by atoms with E-state index in [1.165, 1.54) is 11.8 Å². The lowest BCUT2D eigenvalue weighted by molar-refractivity contribution is -0.145. The molecule has 1 atom stereocenters. The number of carbonyl (C=O) groups excluding carboxylic acids is 1. The van der Waals surface area contributed by atoms with Gasteiger partial charge in [0.15, 0.2) is 5.16 Å². The number of hydrogen-bond acceptors (Lipinski definition) is 6. The molecule has 0 spiro atoms. The highest BCUT2D eigenvalue weighted by Gasteiger charge is 2.21. The van der Waals surface area contributed by atoms with E-state index in [2.05, 4.69) is 15.3 Å². The molecule has 1 rings (SSSR count). The maximum absolute atomic E-state index is 11.8. The fourth-order valence-corrected chi connectivity index (χ4v) is 2.25. The van der Waals surface area contributed by atoms with Crippen molar-refractivity contribution in [1.82, 2.24) is 15.3 Å². The number of nitrogens with zero attached hydrogens (tertiary/aromatic N) is 2. The highest BCUT2D eigenvalue weighted by molar-refractivity contribution is 7.99. The summed E-state index contributed by atoms with van der Waals surface area (Å²) in [5.41, 5.74) is 1.02. The highest BCUT2D eigenvalue weighted by Crippen LogP contribution is 2.14. The van der Waals surface area contributed by atoms with Crippen molar-refractivity contribution in [2.24, 2.45) is 0 Å². The molecule has 0 aliphatic rings. The lowest BCUT2D eigenvalue weighted by Crippen LogP contribution is -2.43. The molecule has 1 aromatic heterocycles. The Labute approximate surface area is 118 Å². The van der Waals surface area contributed by atoms with Crippen molar-refractivity contribution in [3.63, 3.8) is 0 Å². The normalized spacial score (nSPS) is 12.5. The van der Waals surface area contributed by atoms with Gasteiger partial charge in [-0.25, -0.2) is 9.97 Å². The molecule has 1 N–H and O–H groups in total. The fraction of sp³-hybridized carbons (Fsp3) is 0.615. The van der Waals surface area contributed by atoms with Crippen molar-refractivity contribution in [3.8, 4) is 0 Å². The summed E-state index contributed by atoms with van der Waals surface area (Å²) in [6.07, 6.45) is 3.54. The number of carbonyl (C=O) groups is 1. The summed E-state index contributed by atoms with van der Waals surface area (Å²) in [5.74, 6) is 0.330. The third kappa shape index (κ3) is 6.02. The summed E-state index contributed by atoms with van der Waals surface area (Å²) in [5, 5.41) is 3.87. The van der Waals surface area contributed by atoms with Gasteiger partial charge in [-0.3, -0.25) is 4.79 Å². The molecule has 0 aromatic carbocycles. The first-order chi connectivity index (χ1) is 9.02. The van der Waals surface area contributed by atoms with Crippen molar-refractivity contribution in [1.29, 1.82) is 0 Å². The Bertz CT molecular complexity index is 395. The molecular formula is C13H21N3O2S. The maximum atomic E-state index is 11.8. The number of rotatable bonds is 7. The largest absolute Gasteiger partial charge is 0.465 e. The monoisotopic (exact) mass is 283 g/mol. The smallest absolute Gasteiger partial charge is 0.324 e. The lowest BCUT2D eigenvalue weighted by Gasteiger charge is -2.18. The molecule has 0 aliphatic heterocycles. The van der Waals surface area contributed by atoms with Gasteiger partial charge < -0.3 is 10.1 Å². The van der Waals surface area contributed by atoms with Crippen molar-refractivity contribution < 1.29 is 9.53 Å². The van der Waals surface area contributed by atoms with Gasteiger partial charge in [0.25, 0.3) is 0 Å². The first kappa shape index (κ1) is 15.9. The second-order valence-electron chi connectivity index (χ2n) is 4.48. The van der Waals surface area contributed by atoms with Crippen molar-refractivity contribution >= 4 is 17.7 Å². The summed E-state index contributed by atoms with van der Waals surface area (Å²) < 4.78 is 5.06. The second-order valence-corrected chi connectivity index (χ2v) is 5.47. The quantitative estimate of drug-likeness (QED) is 0.468. The topological polar surface area (TPSA) is 64.1 Å². The van der Waals surface area contributed by atoms with E-state index in [0.717, 1.165) is 5.56 Å². The van der Waals surface area contributed by atoms with E-state index in [1.807, 2.05) is 20.8 Å². The van der Waals surface area contributed by atoms with Crippen LogP contribution in [0.1, 0.15) is 26.3 Å². The van der Waals surface area contributed by atoms with Gasteiger partial charge in [-0.1, -0.05) is 25.6 Å². The average molecular weight is 283 g/mol. The van der Waals surface area contributed by atoms with Crippen molar-refractivity contribution in [2.75, 3.05) is 12.4 Å². The summed E-state index contributed by atoms with van der Waals surface area (Å²) >= 11 is 1.45. The standard InChI is InChI=1S/C13H21N3O2S/c1-5-18-12(17)11(16-9(2)3)8-19-13-14-6-10(4)7-15-13/h6-7,9,11,16H,5,8H2,1-4H3. The Morgan fingerprint density at radius 3 is 2.58 bits per heavy atom. The number of esters is 1. The maximum Gasteiger partial charge on any atom is 0.324 e. The SMILES string of the molecule is CCOC(=O)C(CSc1ncc(C)cn1)NC(C)C. The molecule has 0 radical (unpaired) electrons. The molecule has 0 aliphatic carbocycles. The molecule has 0 bridgehead atoms. The second kappa shape index (κ2) is 8.12. The number of ether oxygens (including phenoxy) is 1.